The van der Waals surface area contributed by atoms with E-state index in [0.29, 0.717) is 5.69 Å². The van der Waals surface area contributed by atoms with Gasteiger partial charge in [0, 0.05) is 23.4 Å². The SMILES string of the molecule is CSc1ccc(S(=O)(=O)N(CC(=O)N(Cc2ccccc2C)[C@H](Cc2ccccc2)C(=O)NC(C)(C)C)c2ccc(C)cc2)cc1. The summed E-state index contributed by atoms with van der Waals surface area (Å²) in [5, 5.41) is 3.07. The van der Waals surface area contributed by atoms with Gasteiger partial charge in [-0.2, -0.15) is 0 Å². The molecular formula is C37H43N3O4S2. The van der Waals surface area contributed by atoms with E-state index < -0.39 is 34.1 Å². The molecule has 1 N–H and O–H groups in total. The van der Waals surface area contributed by atoms with Crippen molar-refractivity contribution in [2.24, 2.45) is 0 Å². The molecule has 0 bridgehead atoms. The number of nitrogens with zero attached hydrogens (tertiary/aromatic N) is 2. The van der Waals surface area contributed by atoms with Crippen LogP contribution in [0.2, 0.25) is 0 Å². The van der Waals surface area contributed by atoms with E-state index in [-0.39, 0.29) is 23.8 Å². The fourth-order valence-electron chi connectivity index (χ4n) is 5.09. The van der Waals surface area contributed by atoms with Crippen LogP contribution in [-0.4, -0.2) is 49.5 Å². The van der Waals surface area contributed by atoms with Gasteiger partial charge in [-0.25, -0.2) is 8.42 Å². The summed E-state index contributed by atoms with van der Waals surface area (Å²) < 4.78 is 29.6. The van der Waals surface area contributed by atoms with Crippen molar-refractivity contribution in [1.29, 1.82) is 0 Å². The maximum atomic E-state index is 14.6. The third-order valence-electron chi connectivity index (χ3n) is 7.62. The fourth-order valence-corrected chi connectivity index (χ4v) is 6.91. The summed E-state index contributed by atoms with van der Waals surface area (Å²) >= 11 is 1.51. The molecule has 0 unspecified atom stereocenters. The molecule has 0 saturated carbocycles. The van der Waals surface area contributed by atoms with Gasteiger partial charge in [-0.05, 0) is 94.0 Å². The van der Waals surface area contributed by atoms with Crippen molar-refractivity contribution >= 4 is 39.3 Å². The maximum absolute atomic E-state index is 14.6. The number of sulfonamides is 1. The highest BCUT2D eigenvalue weighted by Gasteiger charge is 2.35. The van der Waals surface area contributed by atoms with Gasteiger partial charge in [-0.1, -0.05) is 72.3 Å². The summed E-state index contributed by atoms with van der Waals surface area (Å²) in [5.41, 5.74) is 3.49. The van der Waals surface area contributed by atoms with Crippen molar-refractivity contribution in [3.8, 4) is 0 Å². The first-order valence-electron chi connectivity index (χ1n) is 15.2. The normalized spacial score (nSPS) is 12.3. The first kappa shape index (κ1) is 34.8. The Hall–Kier alpha value is -4.08. The number of rotatable bonds is 12. The Morgan fingerprint density at radius 3 is 2.02 bits per heavy atom. The summed E-state index contributed by atoms with van der Waals surface area (Å²) in [7, 11) is -4.16. The van der Waals surface area contributed by atoms with Crippen LogP contribution in [0.3, 0.4) is 0 Å². The maximum Gasteiger partial charge on any atom is 0.264 e. The molecule has 0 fully saturated rings. The third-order valence-corrected chi connectivity index (χ3v) is 10.2. The standard InChI is InChI=1S/C37H43N3O4S2/c1-27-16-18-31(19-17-27)40(46(43,44)33-22-20-32(45-6)21-23-33)26-35(41)39(25-30-15-11-10-12-28(30)2)34(36(42)38-37(3,4)5)24-29-13-8-7-9-14-29/h7-23,34H,24-26H2,1-6H3,(H,38,42)/t34-/m1/s1. The highest BCUT2D eigenvalue weighted by Crippen LogP contribution is 2.27. The Morgan fingerprint density at radius 2 is 1.43 bits per heavy atom. The summed E-state index contributed by atoms with van der Waals surface area (Å²) in [6.45, 7) is 9.20. The topological polar surface area (TPSA) is 86.8 Å². The van der Waals surface area contributed by atoms with Gasteiger partial charge in [0.15, 0.2) is 0 Å². The fraction of sp³-hybridized carbons (Fsp3) is 0.297. The van der Waals surface area contributed by atoms with Gasteiger partial charge in [0.25, 0.3) is 10.0 Å². The van der Waals surface area contributed by atoms with Crippen molar-refractivity contribution in [2.75, 3.05) is 17.1 Å². The Bertz CT molecular complexity index is 1730. The van der Waals surface area contributed by atoms with Gasteiger partial charge in [0.1, 0.15) is 12.6 Å². The van der Waals surface area contributed by atoms with Gasteiger partial charge in [0.05, 0.1) is 10.6 Å². The quantitative estimate of drug-likeness (QED) is 0.170. The van der Waals surface area contributed by atoms with Crippen LogP contribution in [0, 0.1) is 13.8 Å². The number of thioether (sulfide) groups is 1. The highest BCUT2D eigenvalue weighted by atomic mass is 32.2. The van der Waals surface area contributed by atoms with E-state index in [2.05, 4.69) is 5.32 Å². The Kier molecular flexibility index (Phi) is 11.3. The molecule has 0 aliphatic rings. The van der Waals surface area contributed by atoms with Crippen molar-refractivity contribution < 1.29 is 18.0 Å². The summed E-state index contributed by atoms with van der Waals surface area (Å²) in [4.78, 5) is 31.2. The van der Waals surface area contributed by atoms with Crippen molar-refractivity contribution in [2.45, 2.75) is 69.0 Å². The second kappa shape index (κ2) is 15.0. The van der Waals surface area contributed by atoms with Crippen LogP contribution >= 0.6 is 11.8 Å². The highest BCUT2D eigenvalue weighted by molar-refractivity contribution is 7.98. The number of hydrogen-bond acceptors (Lipinski definition) is 5. The molecule has 0 aromatic heterocycles. The minimum atomic E-state index is -4.16. The molecule has 0 radical (unpaired) electrons. The summed E-state index contributed by atoms with van der Waals surface area (Å²) in [6.07, 6.45) is 2.18. The molecule has 0 saturated heterocycles. The van der Waals surface area contributed by atoms with Crippen LogP contribution < -0.4 is 9.62 Å². The zero-order valence-electron chi connectivity index (χ0n) is 27.4. The summed E-state index contributed by atoms with van der Waals surface area (Å²) in [5.74, 6) is -0.797. The molecule has 7 nitrogen and oxygen atoms in total. The zero-order chi connectivity index (χ0) is 33.5. The van der Waals surface area contributed by atoms with Crippen LogP contribution in [0.25, 0.3) is 0 Å². The van der Waals surface area contributed by atoms with Crippen LogP contribution in [0.15, 0.2) is 113 Å². The molecule has 4 aromatic carbocycles. The zero-order valence-corrected chi connectivity index (χ0v) is 29.0. The van der Waals surface area contributed by atoms with E-state index >= 15 is 0 Å². The van der Waals surface area contributed by atoms with Gasteiger partial charge in [-0.15, -0.1) is 11.8 Å². The molecule has 0 heterocycles. The van der Waals surface area contributed by atoms with Crippen molar-refractivity contribution in [3.63, 3.8) is 0 Å². The predicted octanol–water partition coefficient (Wildman–Crippen LogP) is 6.78. The van der Waals surface area contributed by atoms with Gasteiger partial charge < -0.3 is 10.2 Å². The smallest absolute Gasteiger partial charge is 0.264 e. The molecule has 4 rings (SSSR count). The molecule has 242 valence electrons. The Balaban J connectivity index is 1.82. The lowest BCUT2D eigenvalue weighted by Gasteiger charge is -2.35. The van der Waals surface area contributed by atoms with Crippen molar-refractivity contribution in [1.82, 2.24) is 10.2 Å². The molecule has 4 aromatic rings. The molecular weight excluding hydrogens is 615 g/mol. The van der Waals surface area contributed by atoms with Crippen LogP contribution in [0.5, 0.6) is 0 Å². The lowest BCUT2D eigenvalue weighted by Crippen LogP contribution is -2.56. The van der Waals surface area contributed by atoms with E-state index in [1.54, 1.807) is 36.4 Å². The monoisotopic (exact) mass is 657 g/mol. The summed E-state index contributed by atoms with van der Waals surface area (Å²) in [6, 6.07) is 30.0. The number of aryl methyl sites for hydroxylation is 2. The van der Waals surface area contributed by atoms with Gasteiger partial charge in [0.2, 0.25) is 11.8 Å². The van der Waals surface area contributed by atoms with Gasteiger partial charge >= 0.3 is 0 Å². The number of hydrogen-bond donors (Lipinski definition) is 1. The number of amides is 2. The van der Waals surface area contributed by atoms with E-state index in [9.17, 15) is 18.0 Å². The molecule has 0 aliphatic carbocycles. The second-order valence-electron chi connectivity index (χ2n) is 12.4. The first-order valence-corrected chi connectivity index (χ1v) is 17.9. The number of carbonyl (C=O) groups is 2. The third kappa shape index (κ3) is 9.01. The lowest BCUT2D eigenvalue weighted by atomic mass is 10.00. The van der Waals surface area contributed by atoms with E-state index in [0.717, 1.165) is 31.5 Å². The number of carbonyl (C=O) groups excluding carboxylic acids is 2. The first-order chi connectivity index (χ1) is 21.8. The molecule has 46 heavy (non-hydrogen) atoms. The Morgan fingerprint density at radius 1 is 0.826 bits per heavy atom. The average Bonchev–Trinajstić information content (AvgIpc) is 3.02. The number of benzene rings is 4. The minimum absolute atomic E-state index is 0.0791. The Labute approximate surface area is 278 Å². The van der Waals surface area contributed by atoms with E-state index in [1.807, 2.05) is 108 Å². The molecule has 1 atom stereocenters. The van der Waals surface area contributed by atoms with Crippen LogP contribution in [0.1, 0.15) is 43.0 Å². The van der Waals surface area contributed by atoms with Crippen molar-refractivity contribution in [3.05, 3.63) is 125 Å². The molecule has 0 spiro atoms. The minimum Gasteiger partial charge on any atom is -0.350 e. The van der Waals surface area contributed by atoms with E-state index in [4.69, 9.17) is 0 Å². The largest absolute Gasteiger partial charge is 0.350 e. The molecule has 2 amide bonds. The molecule has 0 aliphatic heterocycles. The van der Waals surface area contributed by atoms with Crippen LogP contribution in [-0.2, 0) is 32.6 Å². The average molecular weight is 658 g/mol. The number of anilines is 1. The van der Waals surface area contributed by atoms with Gasteiger partial charge in [-0.3, -0.25) is 13.9 Å². The second-order valence-corrected chi connectivity index (χ2v) is 15.2. The molecule has 9 heteroatoms. The number of nitrogens with one attached hydrogen (secondary N) is 1. The van der Waals surface area contributed by atoms with E-state index in [1.165, 1.54) is 16.7 Å². The predicted molar refractivity (Wildman–Crippen MR) is 187 cm³/mol. The lowest BCUT2D eigenvalue weighted by molar-refractivity contribution is -0.140. The van der Waals surface area contributed by atoms with Crippen LogP contribution in [0.4, 0.5) is 5.69 Å².